The van der Waals surface area contributed by atoms with Crippen molar-refractivity contribution in [3.05, 3.63) is 54.4 Å². The summed E-state index contributed by atoms with van der Waals surface area (Å²) in [6, 6.07) is 13.7. The average Bonchev–Trinajstić information content (AvgIpc) is 3.35. The second-order valence-corrected chi connectivity index (χ2v) is 7.47. The Kier molecular flexibility index (Phi) is 4.94. The summed E-state index contributed by atoms with van der Waals surface area (Å²) in [5.41, 5.74) is 2.91. The van der Waals surface area contributed by atoms with Gasteiger partial charge in [0.1, 0.15) is 11.9 Å². The number of rotatable bonds is 5. The maximum absolute atomic E-state index is 13.0. The topological polar surface area (TPSA) is 56.6 Å². The van der Waals surface area contributed by atoms with Crippen LogP contribution in [-0.4, -0.2) is 46.9 Å². The first-order valence-corrected chi connectivity index (χ1v) is 9.79. The SMILES string of the molecule is COc1ccc(C2SCCN2C(=O)Cn2cnc3ccccc32)cc1OC. The molecule has 4 rings (SSSR count). The number of amides is 1. The Hall–Kier alpha value is -2.67. The molecule has 1 unspecified atom stereocenters. The standard InChI is InChI=1S/C20H21N3O3S/c1-25-17-8-7-14(11-18(17)26-2)20-23(9-10-27-20)19(24)12-22-13-21-15-5-3-4-6-16(15)22/h3-8,11,13,20H,9-10,12H2,1-2H3. The van der Waals surface area contributed by atoms with Crippen LogP contribution in [-0.2, 0) is 11.3 Å². The molecule has 0 spiro atoms. The Morgan fingerprint density at radius 2 is 2.00 bits per heavy atom. The van der Waals surface area contributed by atoms with Crippen LogP contribution in [0.2, 0.25) is 0 Å². The van der Waals surface area contributed by atoms with Crippen molar-refractivity contribution in [1.82, 2.24) is 14.5 Å². The number of aromatic nitrogens is 2. The number of ether oxygens (including phenoxy) is 2. The molecule has 1 saturated heterocycles. The van der Waals surface area contributed by atoms with Crippen molar-refractivity contribution in [3.63, 3.8) is 0 Å². The van der Waals surface area contributed by atoms with Gasteiger partial charge in [0, 0.05) is 12.3 Å². The summed E-state index contributed by atoms with van der Waals surface area (Å²) in [6.07, 6.45) is 1.73. The smallest absolute Gasteiger partial charge is 0.243 e. The summed E-state index contributed by atoms with van der Waals surface area (Å²) >= 11 is 1.76. The largest absolute Gasteiger partial charge is 0.493 e. The van der Waals surface area contributed by atoms with Crippen LogP contribution < -0.4 is 9.47 Å². The van der Waals surface area contributed by atoms with Crippen molar-refractivity contribution in [2.45, 2.75) is 11.9 Å². The number of methoxy groups -OCH3 is 2. The minimum Gasteiger partial charge on any atom is -0.493 e. The highest BCUT2D eigenvalue weighted by molar-refractivity contribution is 7.99. The van der Waals surface area contributed by atoms with Gasteiger partial charge >= 0.3 is 0 Å². The normalized spacial score (nSPS) is 16.7. The lowest BCUT2D eigenvalue weighted by atomic mass is 10.1. The van der Waals surface area contributed by atoms with Gasteiger partial charge in [-0.1, -0.05) is 18.2 Å². The van der Waals surface area contributed by atoms with Crippen LogP contribution in [0.5, 0.6) is 11.5 Å². The Bertz CT molecular complexity index is 972. The molecule has 1 fully saturated rings. The van der Waals surface area contributed by atoms with E-state index in [1.54, 1.807) is 32.3 Å². The molecule has 1 aliphatic heterocycles. The van der Waals surface area contributed by atoms with Gasteiger partial charge in [0.15, 0.2) is 11.5 Å². The number of hydrogen-bond donors (Lipinski definition) is 0. The maximum Gasteiger partial charge on any atom is 0.243 e. The molecule has 2 aromatic carbocycles. The van der Waals surface area contributed by atoms with E-state index >= 15 is 0 Å². The van der Waals surface area contributed by atoms with Crippen LogP contribution in [0.3, 0.4) is 0 Å². The molecule has 3 aromatic rings. The first kappa shape index (κ1) is 17.7. The summed E-state index contributed by atoms with van der Waals surface area (Å²) in [4.78, 5) is 19.3. The van der Waals surface area contributed by atoms with Gasteiger partial charge < -0.3 is 18.9 Å². The van der Waals surface area contributed by atoms with Crippen molar-refractivity contribution in [2.75, 3.05) is 26.5 Å². The molecule has 0 aliphatic carbocycles. The summed E-state index contributed by atoms with van der Waals surface area (Å²) in [6.45, 7) is 1.01. The molecule has 1 atom stereocenters. The zero-order valence-corrected chi connectivity index (χ0v) is 16.1. The molecular weight excluding hydrogens is 362 g/mol. The molecule has 0 radical (unpaired) electrons. The second kappa shape index (κ2) is 7.52. The molecular formula is C20H21N3O3S. The van der Waals surface area contributed by atoms with Crippen LogP contribution in [0.1, 0.15) is 10.9 Å². The Balaban J connectivity index is 1.57. The molecule has 7 heteroatoms. The molecule has 1 amide bonds. The highest BCUT2D eigenvalue weighted by atomic mass is 32.2. The molecule has 6 nitrogen and oxygen atoms in total. The van der Waals surface area contributed by atoms with Crippen molar-refractivity contribution >= 4 is 28.7 Å². The number of fused-ring (bicyclic) bond motifs is 1. The van der Waals surface area contributed by atoms with Crippen LogP contribution in [0.25, 0.3) is 11.0 Å². The lowest BCUT2D eigenvalue weighted by Crippen LogP contribution is -2.33. The monoisotopic (exact) mass is 383 g/mol. The number of benzene rings is 2. The Morgan fingerprint density at radius 1 is 1.19 bits per heavy atom. The summed E-state index contributed by atoms with van der Waals surface area (Å²) in [5, 5.41) is -0.0212. The number of nitrogens with zero attached hydrogens (tertiary/aromatic N) is 3. The fourth-order valence-corrected chi connectivity index (χ4v) is 4.65. The number of imidazole rings is 1. The summed E-state index contributed by atoms with van der Waals surface area (Å²) in [7, 11) is 3.24. The van der Waals surface area contributed by atoms with E-state index in [4.69, 9.17) is 9.47 Å². The molecule has 140 valence electrons. The first-order chi connectivity index (χ1) is 13.2. The lowest BCUT2D eigenvalue weighted by Gasteiger charge is -2.25. The molecule has 27 heavy (non-hydrogen) atoms. The lowest BCUT2D eigenvalue weighted by molar-refractivity contribution is -0.131. The minimum absolute atomic E-state index is 0.0212. The molecule has 0 saturated carbocycles. The number of para-hydroxylation sites is 2. The van der Waals surface area contributed by atoms with Gasteiger partial charge in [0.05, 0.1) is 31.6 Å². The van der Waals surface area contributed by atoms with E-state index in [1.807, 2.05) is 51.9 Å². The fraction of sp³-hybridized carbons (Fsp3) is 0.300. The zero-order chi connectivity index (χ0) is 18.8. The second-order valence-electron chi connectivity index (χ2n) is 6.29. The molecule has 0 N–H and O–H groups in total. The minimum atomic E-state index is -0.0212. The third-order valence-electron chi connectivity index (χ3n) is 4.74. The first-order valence-electron chi connectivity index (χ1n) is 8.74. The molecule has 1 aromatic heterocycles. The van der Waals surface area contributed by atoms with Gasteiger partial charge in [0.2, 0.25) is 5.91 Å². The van der Waals surface area contributed by atoms with Crippen molar-refractivity contribution < 1.29 is 14.3 Å². The van der Waals surface area contributed by atoms with Gasteiger partial charge in [-0.05, 0) is 29.8 Å². The van der Waals surface area contributed by atoms with Crippen molar-refractivity contribution in [3.8, 4) is 11.5 Å². The van der Waals surface area contributed by atoms with Crippen LogP contribution >= 0.6 is 11.8 Å². The quantitative estimate of drug-likeness (QED) is 0.676. The summed E-state index contributed by atoms with van der Waals surface area (Å²) in [5.74, 6) is 2.36. The van der Waals surface area contributed by atoms with Gasteiger partial charge in [-0.3, -0.25) is 4.79 Å². The average molecular weight is 383 g/mol. The van der Waals surface area contributed by atoms with Crippen LogP contribution in [0.4, 0.5) is 0 Å². The Morgan fingerprint density at radius 3 is 2.81 bits per heavy atom. The molecule has 0 bridgehead atoms. The van der Waals surface area contributed by atoms with E-state index in [-0.39, 0.29) is 17.8 Å². The number of carbonyl (C=O) groups excluding carboxylic acids is 1. The predicted octanol–water partition coefficient (Wildman–Crippen LogP) is 3.33. The van der Waals surface area contributed by atoms with Gasteiger partial charge in [-0.2, -0.15) is 0 Å². The number of thioether (sulfide) groups is 1. The van der Waals surface area contributed by atoms with E-state index < -0.39 is 0 Å². The van der Waals surface area contributed by atoms with E-state index in [0.717, 1.165) is 28.9 Å². The maximum atomic E-state index is 13.0. The molecule has 2 heterocycles. The van der Waals surface area contributed by atoms with E-state index in [2.05, 4.69) is 4.98 Å². The van der Waals surface area contributed by atoms with Gasteiger partial charge in [-0.25, -0.2) is 4.98 Å². The van der Waals surface area contributed by atoms with Gasteiger partial charge in [-0.15, -0.1) is 11.8 Å². The van der Waals surface area contributed by atoms with Gasteiger partial charge in [0.25, 0.3) is 0 Å². The van der Waals surface area contributed by atoms with E-state index in [1.165, 1.54) is 0 Å². The molecule has 1 aliphatic rings. The highest BCUT2D eigenvalue weighted by Gasteiger charge is 2.31. The van der Waals surface area contributed by atoms with Crippen molar-refractivity contribution in [2.24, 2.45) is 0 Å². The number of carbonyl (C=O) groups is 1. The van der Waals surface area contributed by atoms with E-state index in [9.17, 15) is 4.79 Å². The van der Waals surface area contributed by atoms with Crippen LogP contribution in [0.15, 0.2) is 48.8 Å². The fourth-order valence-electron chi connectivity index (χ4n) is 3.38. The third-order valence-corrected chi connectivity index (χ3v) is 6.00. The highest BCUT2D eigenvalue weighted by Crippen LogP contribution is 2.41. The summed E-state index contributed by atoms with van der Waals surface area (Å²) < 4.78 is 12.6. The zero-order valence-electron chi connectivity index (χ0n) is 15.3. The third kappa shape index (κ3) is 3.35. The predicted molar refractivity (Wildman–Crippen MR) is 106 cm³/mol. The van der Waals surface area contributed by atoms with Crippen LogP contribution in [0, 0.1) is 0 Å². The van der Waals surface area contributed by atoms with E-state index in [0.29, 0.717) is 11.5 Å². The number of hydrogen-bond acceptors (Lipinski definition) is 5. The van der Waals surface area contributed by atoms with Crippen molar-refractivity contribution in [1.29, 1.82) is 0 Å². The Labute approximate surface area is 162 Å².